The molecular weight excluding hydrogens is 280 g/mol. The number of carbonyl (C=O) groups is 1. The number of hydrogen-bond acceptors (Lipinski definition) is 5. The molecule has 0 aromatic rings. The summed E-state index contributed by atoms with van der Waals surface area (Å²) in [7, 11) is 0. The highest BCUT2D eigenvalue weighted by Crippen LogP contribution is 2.43. The second-order valence-corrected chi connectivity index (χ2v) is 5.84. The van der Waals surface area contributed by atoms with Crippen LogP contribution >= 0.6 is 0 Å². The number of rotatable bonds is 8. The third-order valence-corrected chi connectivity index (χ3v) is 4.46. The van der Waals surface area contributed by atoms with Gasteiger partial charge >= 0.3 is 5.97 Å². The first kappa shape index (κ1) is 16.9. The van der Waals surface area contributed by atoms with Crippen LogP contribution in [0.3, 0.4) is 0 Å². The van der Waals surface area contributed by atoms with Gasteiger partial charge < -0.3 is 9.84 Å². The summed E-state index contributed by atoms with van der Waals surface area (Å²) >= 11 is 0. The summed E-state index contributed by atoms with van der Waals surface area (Å²) in [6, 6.07) is 0. The van der Waals surface area contributed by atoms with E-state index in [-0.39, 0.29) is 19.2 Å². The van der Waals surface area contributed by atoms with Gasteiger partial charge in [0.25, 0.3) is 0 Å². The molecule has 1 N–H and O–H groups in total. The quantitative estimate of drug-likeness (QED) is 0.535. The van der Waals surface area contributed by atoms with Crippen LogP contribution in [0.25, 0.3) is 0 Å². The second-order valence-electron chi connectivity index (χ2n) is 5.84. The number of β-amino-alcohol motifs (C(OH)–C–C–N with tert-alkyl or cyclic N) is 1. The molecule has 0 atom stereocenters. The van der Waals surface area contributed by atoms with E-state index < -0.39 is 5.54 Å². The summed E-state index contributed by atoms with van der Waals surface area (Å²) in [5.74, 6) is -0.125. The Bertz CT molecular complexity index is 447. The smallest absolute Gasteiger partial charge is 0.326 e. The fourth-order valence-electron chi connectivity index (χ4n) is 2.92. The minimum Gasteiger partial charge on any atom is -0.459 e. The molecule has 2 aliphatic rings. The number of nitrogens with zero attached hydrogens (tertiary/aromatic N) is 2. The first-order chi connectivity index (χ1) is 10.7. The van der Waals surface area contributed by atoms with Crippen molar-refractivity contribution in [1.82, 2.24) is 9.80 Å². The molecule has 0 unspecified atom stereocenters. The van der Waals surface area contributed by atoms with Gasteiger partial charge in [-0.05, 0) is 18.4 Å². The van der Waals surface area contributed by atoms with Crippen molar-refractivity contribution in [2.24, 2.45) is 0 Å². The summed E-state index contributed by atoms with van der Waals surface area (Å²) in [5.41, 5.74) is 0.443. The fraction of sp³-hybridized carbons (Fsp3) is 0.588. The van der Waals surface area contributed by atoms with Gasteiger partial charge in [0, 0.05) is 32.7 Å². The van der Waals surface area contributed by atoms with Crippen molar-refractivity contribution in [3.63, 3.8) is 0 Å². The third kappa shape index (κ3) is 3.85. The molecule has 0 amide bonds. The van der Waals surface area contributed by atoms with E-state index in [0.29, 0.717) is 6.54 Å². The molecule has 122 valence electrons. The first-order valence-corrected chi connectivity index (χ1v) is 7.86. The second kappa shape index (κ2) is 7.72. The maximum atomic E-state index is 12.5. The predicted molar refractivity (Wildman–Crippen MR) is 86.5 cm³/mol. The van der Waals surface area contributed by atoms with Crippen molar-refractivity contribution in [1.29, 1.82) is 0 Å². The Balaban J connectivity index is 1.86. The number of esters is 1. The Morgan fingerprint density at radius 1 is 1.23 bits per heavy atom. The van der Waals surface area contributed by atoms with Crippen LogP contribution in [0.15, 0.2) is 37.0 Å². The Morgan fingerprint density at radius 3 is 2.41 bits per heavy atom. The van der Waals surface area contributed by atoms with Crippen LogP contribution in [0.1, 0.15) is 12.8 Å². The maximum Gasteiger partial charge on any atom is 0.326 e. The van der Waals surface area contributed by atoms with E-state index in [1.165, 1.54) is 0 Å². The number of allylic oxidation sites excluding steroid dienone is 2. The first-order valence-electron chi connectivity index (χ1n) is 7.86. The molecule has 2 rings (SSSR count). The van der Waals surface area contributed by atoms with Crippen LogP contribution in [0.5, 0.6) is 0 Å². The highest BCUT2D eigenvalue weighted by Gasteiger charge is 2.56. The Hall–Kier alpha value is -1.43. The molecule has 22 heavy (non-hydrogen) atoms. The maximum absolute atomic E-state index is 12.5. The molecule has 0 spiro atoms. The van der Waals surface area contributed by atoms with Crippen molar-refractivity contribution in [2.45, 2.75) is 18.4 Å². The Morgan fingerprint density at radius 2 is 1.91 bits per heavy atom. The van der Waals surface area contributed by atoms with Gasteiger partial charge in [0.15, 0.2) is 0 Å². The molecule has 5 nitrogen and oxygen atoms in total. The Kier molecular flexibility index (Phi) is 5.94. The van der Waals surface area contributed by atoms with Gasteiger partial charge in [-0.2, -0.15) is 0 Å². The molecule has 1 saturated heterocycles. The number of ether oxygens (including phenoxy) is 1. The van der Waals surface area contributed by atoms with Crippen LogP contribution in [-0.2, 0) is 9.53 Å². The SMILES string of the molecule is C=C/C=C(\C=C)COC(=O)C1(N2CCN(CCO)CC2)CC1. The molecule has 2 fully saturated rings. The molecule has 0 bridgehead atoms. The molecule has 1 saturated carbocycles. The summed E-state index contributed by atoms with van der Waals surface area (Å²) in [5, 5.41) is 8.98. The normalized spacial score (nSPS) is 22.1. The lowest BCUT2D eigenvalue weighted by Gasteiger charge is -2.38. The molecule has 1 aliphatic heterocycles. The van der Waals surface area contributed by atoms with Gasteiger partial charge in [0.1, 0.15) is 12.1 Å². The van der Waals surface area contributed by atoms with Crippen LogP contribution in [0, 0.1) is 0 Å². The van der Waals surface area contributed by atoms with Crippen LogP contribution in [-0.4, -0.2) is 72.4 Å². The van der Waals surface area contributed by atoms with Gasteiger partial charge in [-0.25, -0.2) is 0 Å². The zero-order valence-electron chi connectivity index (χ0n) is 13.2. The highest BCUT2D eigenvalue weighted by molar-refractivity contribution is 5.84. The van der Waals surface area contributed by atoms with Crippen molar-refractivity contribution < 1.29 is 14.6 Å². The summed E-state index contributed by atoms with van der Waals surface area (Å²) < 4.78 is 5.48. The zero-order valence-corrected chi connectivity index (χ0v) is 13.2. The summed E-state index contributed by atoms with van der Waals surface area (Å²) in [6.07, 6.45) is 6.90. The lowest BCUT2D eigenvalue weighted by molar-refractivity contribution is -0.151. The lowest BCUT2D eigenvalue weighted by atomic mass is 10.1. The van der Waals surface area contributed by atoms with E-state index in [1.807, 2.05) is 0 Å². The number of aliphatic hydroxyl groups is 1. The molecule has 5 heteroatoms. The van der Waals surface area contributed by atoms with E-state index in [4.69, 9.17) is 9.84 Å². The molecular formula is C17H26N2O3. The summed E-state index contributed by atoms with van der Waals surface area (Å²) in [4.78, 5) is 16.9. The van der Waals surface area contributed by atoms with Gasteiger partial charge in [0.2, 0.25) is 0 Å². The van der Waals surface area contributed by atoms with Gasteiger partial charge in [-0.3, -0.25) is 14.6 Å². The molecule has 0 aromatic carbocycles. The standard InChI is InChI=1S/C17H26N2O3/c1-3-5-15(4-2)14-22-16(21)17(6-7-17)19-10-8-18(9-11-19)12-13-20/h3-5,20H,1-2,6-14H2/b15-5+. The van der Waals surface area contributed by atoms with Crippen molar-refractivity contribution in [2.75, 3.05) is 45.9 Å². The largest absolute Gasteiger partial charge is 0.459 e. The number of aliphatic hydroxyl groups excluding tert-OH is 1. The third-order valence-electron chi connectivity index (χ3n) is 4.46. The van der Waals surface area contributed by atoms with E-state index in [0.717, 1.165) is 44.6 Å². The predicted octanol–water partition coefficient (Wildman–Crippen LogP) is 0.970. The zero-order chi connectivity index (χ0) is 16.0. The van der Waals surface area contributed by atoms with E-state index >= 15 is 0 Å². The molecule has 0 aromatic heterocycles. The fourth-order valence-corrected chi connectivity index (χ4v) is 2.92. The van der Waals surface area contributed by atoms with E-state index in [1.54, 1.807) is 18.2 Å². The minimum absolute atomic E-state index is 0.125. The van der Waals surface area contributed by atoms with Gasteiger partial charge in [0.05, 0.1) is 6.61 Å². The van der Waals surface area contributed by atoms with Crippen LogP contribution in [0.2, 0.25) is 0 Å². The van der Waals surface area contributed by atoms with Gasteiger partial charge in [-0.15, -0.1) is 0 Å². The van der Waals surface area contributed by atoms with E-state index in [9.17, 15) is 4.79 Å². The topological polar surface area (TPSA) is 53.0 Å². The monoisotopic (exact) mass is 306 g/mol. The molecule has 1 aliphatic carbocycles. The highest BCUT2D eigenvalue weighted by atomic mass is 16.5. The minimum atomic E-state index is -0.411. The number of carbonyl (C=O) groups excluding carboxylic acids is 1. The average Bonchev–Trinajstić information content (AvgIpc) is 3.34. The Labute approximate surface area is 132 Å². The van der Waals surface area contributed by atoms with Crippen molar-refractivity contribution in [3.05, 3.63) is 37.0 Å². The van der Waals surface area contributed by atoms with E-state index in [2.05, 4.69) is 23.0 Å². The van der Waals surface area contributed by atoms with Crippen LogP contribution in [0.4, 0.5) is 0 Å². The lowest BCUT2D eigenvalue weighted by Crippen LogP contribution is -2.54. The van der Waals surface area contributed by atoms with Gasteiger partial charge in [-0.1, -0.05) is 31.4 Å². The van der Waals surface area contributed by atoms with Crippen LogP contribution < -0.4 is 0 Å². The number of hydrogen-bond donors (Lipinski definition) is 1. The molecule has 0 radical (unpaired) electrons. The molecule has 1 heterocycles. The van der Waals surface area contributed by atoms with Crippen molar-refractivity contribution >= 4 is 5.97 Å². The summed E-state index contributed by atoms with van der Waals surface area (Å²) in [6.45, 7) is 12.0. The number of piperazine rings is 1. The van der Waals surface area contributed by atoms with Crippen molar-refractivity contribution in [3.8, 4) is 0 Å². The average molecular weight is 306 g/mol.